The molecule has 4 nitrogen and oxygen atoms in total. The number of nitrogens with zero attached hydrogens (tertiary/aromatic N) is 3. The molecule has 0 spiro atoms. The van der Waals surface area contributed by atoms with Crippen molar-refractivity contribution in [1.29, 1.82) is 0 Å². The van der Waals surface area contributed by atoms with Crippen LogP contribution in [-0.2, 0) is 0 Å². The third kappa shape index (κ3) is 2.53. The first-order valence-corrected chi connectivity index (χ1v) is 6.36. The van der Waals surface area contributed by atoms with E-state index in [9.17, 15) is 0 Å². The van der Waals surface area contributed by atoms with Crippen LogP contribution in [0.3, 0.4) is 0 Å². The van der Waals surface area contributed by atoms with Crippen LogP contribution in [0.15, 0.2) is 18.3 Å². The summed E-state index contributed by atoms with van der Waals surface area (Å²) >= 11 is 0. The number of pyridine rings is 1. The summed E-state index contributed by atoms with van der Waals surface area (Å²) in [5.41, 5.74) is 4.15. The summed E-state index contributed by atoms with van der Waals surface area (Å²) in [5.74, 6) is 0.892. The van der Waals surface area contributed by atoms with Gasteiger partial charge in [-0.15, -0.1) is 0 Å². The number of anilines is 1. The Labute approximate surface area is 108 Å². The summed E-state index contributed by atoms with van der Waals surface area (Å²) in [6.45, 7) is 9.11. The van der Waals surface area contributed by atoms with Gasteiger partial charge in [-0.05, 0) is 39.3 Å². The van der Waals surface area contributed by atoms with Crippen LogP contribution in [0.5, 0.6) is 0 Å². The molecule has 0 radical (unpaired) electrons. The number of rotatable bonds is 4. The van der Waals surface area contributed by atoms with E-state index < -0.39 is 0 Å². The molecule has 0 atom stereocenters. The molecule has 0 aliphatic rings. The van der Waals surface area contributed by atoms with Gasteiger partial charge in [0.2, 0.25) is 5.95 Å². The van der Waals surface area contributed by atoms with E-state index in [-0.39, 0.29) is 0 Å². The summed E-state index contributed by atoms with van der Waals surface area (Å²) in [4.78, 5) is 9.02. The third-order valence-corrected chi connectivity index (χ3v) is 2.82. The number of hydrogen-bond acceptors (Lipinski definition) is 3. The molecule has 0 amide bonds. The van der Waals surface area contributed by atoms with Crippen LogP contribution in [0, 0.1) is 20.8 Å². The lowest BCUT2D eigenvalue weighted by Gasteiger charge is -2.11. The van der Waals surface area contributed by atoms with Crippen LogP contribution in [0.2, 0.25) is 0 Å². The molecule has 4 heteroatoms. The van der Waals surface area contributed by atoms with Gasteiger partial charge in [-0.2, -0.15) is 0 Å². The molecule has 1 N–H and O–H groups in total. The highest BCUT2D eigenvalue weighted by atomic mass is 15.2. The maximum absolute atomic E-state index is 4.51. The van der Waals surface area contributed by atoms with Gasteiger partial charge in [-0.25, -0.2) is 4.98 Å². The average Bonchev–Trinajstić information content (AvgIpc) is 2.67. The van der Waals surface area contributed by atoms with E-state index in [1.165, 1.54) is 0 Å². The fourth-order valence-corrected chi connectivity index (χ4v) is 1.98. The van der Waals surface area contributed by atoms with E-state index in [2.05, 4.69) is 32.8 Å². The summed E-state index contributed by atoms with van der Waals surface area (Å²) < 4.78 is 2.08. The van der Waals surface area contributed by atoms with Crippen LogP contribution < -0.4 is 5.32 Å². The normalized spacial score (nSPS) is 10.7. The third-order valence-electron chi connectivity index (χ3n) is 2.82. The first kappa shape index (κ1) is 12.6. The van der Waals surface area contributed by atoms with Gasteiger partial charge in [0.05, 0.1) is 17.1 Å². The SMILES string of the molecule is CCCNc1nc(C)cn1-c1ccc(C)nc1C. The number of nitrogens with one attached hydrogen (secondary N) is 1. The van der Waals surface area contributed by atoms with Gasteiger partial charge in [0.15, 0.2) is 0 Å². The largest absolute Gasteiger partial charge is 0.355 e. The number of imidazole rings is 1. The molecule has 2 rings (SSSR count). The molecule has 0 saturated carbocycles. The molecule has 2 heterocycles. The van der Waals surface area contributed by atoms with Gasteiger partial charge >= 0.3 is 0 Å². The molecule has 0 bridgehead atoms. The van der Waals surface area contributed by atoms with Crippen LogP contribution in [0.4, 0.5) is 5.95 Å². The zero-order valence-corrected chi connectivity index (χ0v) is 11.5. The zero-order chi connectivity index (χ0) is 13.1. The molecule has 0 unspecified atom stereocenters. The smallest absolute Gasteiger partial charge is 0.207 e. The van der Waals surface area contributed by atoms with E-state index in [0.717, 1.165) is 41.7 Å². The number of aromatic nitrogens is 3. The predicted molar refractivity (Wildman–Crippen MR) is 74.4 cm³/mol. The Kier molecular flexibility index (Phi) is 3.65. The highest BCUT2D eigenvalue weighted by Gasteiger charge is 2.09. The second kappa shape index (κ2) is 5.21. The summed E-state index contributed by atoms with van der Waals surface area (Å²) in [6, 6.07) is 4.12. The van der Waals surface area contributed by atoms with Crippen molar-refractivity contribution >= 4 is 5.95 Å². The van der Waals surface area contributed by atoms with E-state index in [4.69, 9.17) is 0 Å². The topological polar surface area (TPSA) is 42.7 Å². The van der Waals surface area contributed by atoms with Gasteiger partial charge in [-0.3, -0.25) is 9.55 Å². The van der Waals surface area contributed by atoms with Crippen molar-refractivity contribution in [1.82, 2.24) is 14.5 Å². The number of aryl methyl sites for hydroxylation is 3. The second-order valence-electron chi connectivity index (χ2n) is 4.56. The molecule has 18 heavy (non-hydrogen) atoms. The van der Waals surface area contributed by atoms with Crippen molar-refractivity contribution in [2.45, 2.75) is 34.1 Å². The molecule has 96 valence electrons. The Bertz CT molecular complexity index is 543. The van der Waals surface area contributed by atoms with Crippen LogP contribution >= 0.6 is 0 Å². The Morgan fingerprint density at radius 1 is 1.11 bits per heavy atom. The maximum atomic E-state index is 4.51. The molecule has 2 aromatic rings. The fraction of sp³-hybridized carbons (Fsp3) is 0.429. The summed E-state index contributed by atoms with van der Waals surface area (Å²) in [6.07, 6.45) is 3.12. The predicted octanol–water partition coefficient (Wildman–Crippen LogP) is 3.01. The molecule has 0 aromatic carbocycles. The van der Waals surface area contributed by atoms with Crippen molar-refractivity contribution < 1.29 is 0 Å². The minimum Gasteiger partial charge on any atom is -0.355 e. The van der Waals surface area contributed by atoms with E-state index >= 15 is 0 Å². The molecule has 0 aliphatic carbocycles. The lowest BCUT2D eigenvalue weighted by molar-refractivity contribution is 0.926. The highest BCUT2D eigenvalue weighted by Crippen LogP contribution is 2.19. The monoisotopic (exact) mass is 244 g/mol. The van der Waals surface area contributed by atoms with Crippen LogP contribution in [0.25, 0.3) is 5.69 Å². The highest BCUT2D eigenvalue weighted by molar-refractivity contribution is 5.45. The van der Waals surface area contributed by atoms with Gasteiger partial charge in [-0.1, -0.05) is 6.92 Å². The Morgan fingerprint density at radius 3 is 2.56 bits per heavy atom. The van der Waals surface area contributed by atoms with Crippen molar-refractivity contribution in [2.24, 2.45) is 0 Å². The lowest BCUT2D eigenvalue weighted by Crippen LogP contribution is -2.08. The Hall–Kier alpha value is -1.84. The Morgan fingerprint density at radius 2 is 1.89 bits per heavy atom. The van der Waals surface area contributed by atoms with Gasteiger partial charge in [0, 0.05) is 18.4 Å². The minimum atomic E-state index is 0.892. The first-order valence-electron chi connectivity index (χ1n) is 6.36. The van der Waals surface area contributed by atoms with Crippen molar-refractivity contribution in [3.63, 3.8) is 0 Å². The minimum absolute atomic E-state index is 0.892. The number of hydrogen-bond donors (Lipinski definition) is 1. The van der Waals surface area contributed by atoms with Crippen LogP contribution in [0.1, 0.15) is 30.4 Å². The van der Waals surface area contributed by atoms with Gasteiger partial charge in [0.25, 0.3) is 0 Å². The molecule has 2 aromatic heterocycles. The Balaban J connectivity index is 2.42. The first-order chi connectivity index (χ1) is 8.61. The molecule has 0 saturated heterocycles. The van der Waals surface area contributed by atoms with Gasteiger partial charge < -0.3 is 5.32 Å². The van der Waals surface area contributed by atoms with Crippen LogP contribution in [-0.4, -0.2) is 21.1 Å². The van der Waals surface area contributed by atoms with E-state index in [0.29, 0.717) is 0 Å². The molecular formula is C14H20N4. The van der Waals surface area contributed by atoms with Gasteiger partial charge in [0.1, 0.15) is 0 Å². The zero-order valence-electron chi connectivity index (χ0n) is 11.5. The summed E-state index contributed by atoms with van der Waals surface area (Å²) in [5, 5.41) is 3.35. The quantitative estimate of drug-likeness (QED) is 0.899. The lowest BCUT2D eigenvalue weighted by atomic mass is 10.2. The van der Waals surface area contributed by atoms with Crippen molar-refractivity contribution in [2.75, 3.05) is 11.9 Å². The fourth-order valence-electron chi connectivity index (χ4n) is 1.98. The molecule has 0 aliphatic heterocycles. The standard InChI is InChI=1S/C14H20N4/c1-5-8-15-14-17-11(3)9-18(14)13-7-6-10(2)16-12(13)4/h6-7,9H,5,8H2,1-4H3,(H,15,17). The average molecular weight is 244 g/mol. The van der Waals surface area contributed by atoms with Crippen molar-refractivity contribution in [3.8, 4) is 5.69 Å². The van der Waals surface area contributed by atoms with E-state index in [1.54, 1.807) is 0 Å². The molecule has 0 fully saturated rings. The molecular weight excluding hydrogens is 224 g/mol. The maximum Gasteiger partial charge on any atom is 0.207 e. The summed E-state index contributed by atoms with van der Waals surface area (Å²) in [7, 11) is 0. The van der Waals surface area contributed by atoms with E-state index in [1.807, 2.05) is 33.0 Å². The van der Waals surface area contributed by atoms with Crippen molar-refractivity contribution in [3.05, 3.63) is 35.4 Å². The second-order valence-corrected chi connectivity index (χ2v) is 4.56.